The van der Waals surface area contributed by atoms with Crippen LogP contribution in [0.3, 0.4) is 0 Å². The van der Waals surface area contributed by atoms with E-state index in [2.05, 4.69) is 48.9 Å². The number of furan rings is 1. The summed E-state index contributed by atoms with van der Waals surface area (Å²) in [4.78, 5) is 0. The Labute approximate surface area is 121 Å². The maximum atomic E-state index is 13.6. The zero-order chi connectivity index (χ0) is 14.2. The average Bonchev–Trinajstić information content (AvgIpc) is 2.64. The van der Waals surface area contributed by atoms with Crippen molar-refractivity contribution in [2.24, 2.45) is 0 Å². The van der Waals surface area contributed by atoms with Gasteiger partial charge in [0.2, 0.25) is 0 Å². The van der Waals surface area contributed by atoms with Crippen molar-refractivity contribution >= 4 is 26.9 Å². The van der Waals surface area contributed by atoms with E-state index in [1.54, 1.807) is 6.07 Å². The Morgan fingerprint density at radius 3 is 2.53 bits per heavy atom. The van der Waals surface area contributed by atoms with Crippen LogP contribution in [0.25, 0.3) is 11.0 Å². The van der Waals surface area contributed by atoms with Crippen LogP contribution >= 0.6 is 15.9 Å². The Morgan fingerprint density at radius 2 is 1.95 bits per heavy atom. The number of benzene rings is 1. The monoisotopic (exact) mass is 327 g/mol. The molecule has 104 valence electrons. The summed E-state index contributed by atoms with van der Waals surface area (Å²) in [7, 11) is 0. The van der Waals surface area contributed by atoms with Gasteiger partial charge in [0.25, 0.3) is 0 Å². The van der Waals surface area contributed by atoms with Crippen LogP contribution in [0, 0.1) is 5.82 Å². The molecule has 0 fully saturated rings. The lowest BCUT2D eigenvalue weighted by molar-refractivity contribution is 0.480. The number of halogens is 2. The molecule has 0 spiro atoms. The highest BCUT2D eigenvalue weighted by Gasteiger charge is 2.19. The molecule has 2 aromatic rings. The zero-order valence-corrected chi connectivity index (χ0v) is 13.3. The molecule has 1 aromatic carbocycles. The molecule has 19 heavy (non-hydrogen) atoms. The van der Waals surface area contributed by atoms with E-state index in [1.165, 1.54) is 6.07 Å². The number of rotatable bonds is 4. The van der Waals surface area contributed by atoms with Gasteiger partial charge in [0.15, 0.2) is 0 Å². The van der Waals surface area contributed by atoms with Crippen LogP contribution in [0.4, 0.5) is 4.39 Å². The molecule has 0 unspecified atom stereocenters. The second-order valence-corrected chi connectivity index (χ2v) is 6.25. The van der Waals surface area contributed by atoms with E-state index in [9.17, 15) is 4.39 Å². The lowest BCUT2D eigenvalue weighted by Gasteiger charge is -2.09. The quantitative estimate of drug-likeness (QED) is 0.858. The highest BCUT2D eigenvalue weighted by molar-refractivity contribution is 9.10. The molecule has 0 bridgehead atoms. The van der Waals surface area contributed by atoms with E-state index in [-0.39, 0.29) is 5.82 Å². The molecule has 2 nitrogen and oxygen atoms in total. The molecule has 0 radical (unpaired) electrons. The van der Waals surface area contributed by atoms with Crippen molar-refractivity contribution in [2.75, 3.05) is 0 Å². The van der Waals surface area contributed by atoms with E-state index < -0.39 is 0 Å². The molecule has 1 N–H and O–H groups in total. The first kappa shape index (κ1) is 14.5. The Balaban J connectivity index is 2.57. The first-order chi connectivity index (χ1) is 8.90. The fourth-order valence-corrected chi connectivity index (χ4v) is 2.77. The summed E-state index contributed by atoms with van der Waals surface area (Å²) in [6.07, 6.45) is 0. The van der Waals surface area contributed by atoms with E-state index in [1.807, 2.05) is 0 Å². The van der Waals surface area contributed by atoms with E-state index in [4.69, 9.17) is 4.42 Å². The first-order valence-corrected chi connectivity index (χ1v) is 7.33. The second-order valence-electron chi connectivity index (χ2n) is 5.39. The third kappa shape index (κ3) is 3.00. The number of hydrogen-bond acceptors (Lipinski definition) is 2. The molecule has 1 aromatic heterocycles. The van der Waals surface area contributed by atoms with Gasteiger partial charge in [-0.3, -0.25) is 0 Å². The predicted octanol–water partition coefficient (Wildman–Crippen LogP) is 4.96. The van der Waals surface area contributed by atoms with Crippen molar-refractivity contribution in [3.05, 3.63) is 33.7 Å². The van der Waals surface area contributed by atoms with Crippen LogP contribution in [0.1, 0.15) is 44.9 Å². The van der Waals surface area contributed by atoms with Crippen LogP contribution in [-0.4, -0.2) is 6.04 Å². The van der Waals surface area contributed by atoms with Gasteiger partial charge in [-0.15, -0.1) is 0 Å². The van der Waals surface area contributed by atoms with Gasteiger partial charge in [-0.25, -0.2) is 4.39 Å². The minimum atomic E-state index is -0.245. The minimum Gasteiger partial charge on any atom is -0.458 e. The third-order valence-electron chi connectivity index (χ3n) is 3.07. The standard InChI is InChI=1S/C15H19BrFNO/c1-8(2)14-11-5-10(17)6-12(16)15(11)19-13(14)7-18-9(3)4/h5-6,8-9,18H,7H2,1-4H3. The van der Waals surface area contributed by atoms with Crippen molar-refractivity contribution in [2.45, 2.75) is 46.2 Å². The molecule has 4 heteroatoms. The molecular weight excluding hydrogens is 309 g/mol. The highest BCUT2D eigenvalue weighted by atomic mass is 79.9. The lowest BCUT2D eigenvalue weighted by Crippen LogP contribution is -2.22. The van der Waals surface area contributed by atoms with Crippen molar-refractivity contribution in [3.63, 3.8) is 0 Å². The van der Waals surface area contributed by atoms with E-state index >= 15 is 0 Å². The van der Waals surface area contributed by atoms with Gasteiger partial charge in [-0.2, -0.15) is 0 Å². The summed E-state index contributed by atoms with van der Waals surface area (Å²) < 4.78 is 20.2. The lowest BCUT2D eigenvalue weighted by atomic mass is 9.99. The smallest absolute Gasteiger partial charge is 0.149 e. The number of nitrogens with one attached hydrogen (secondary N) is 1. The Morgan fingerprint density at radius 1 is 1.26 bits per heavy atom. The SMILES string of the molecule is CC(C)NCc1oc2c(Br)cc(F)cc2c1C(C)C. The van der Waals surface area contributed by atoms with Gasteiger partial charge in [0, 0.05) is 17.0 Å². The largest absolute Gasteiger partial charge is 0.458 e. The Bertz CT molecular complexity index is 589. The molecular formula is C15H19BrFNO. The van der Waals surface area contributed by atoms with E-state index in [0.717, 1.165) is 22.3 Å². The summed E-state index contributed by atoms with van der Waals surface area (Å²) in [6, 6.07) is 3.38. The summed E-state index contributed by atoms with van der Waals surface area (Å²) in [6.45, 7) is 9.04. The van der Waals surface area contributed by atoms with Gasteiger partial charge < -0.3 is 9.73 Å². The van der Waals surface area contributed by atoms with Gasteiger partial charge in [-0.1, -0.05) is 27.7 Å². The molecule has 0 aliphatic heterocycles. The van der Waals surface area contributed by atoms with Gasteiger partial charge in [0.1, 0.15) is 17.2 Å². The van der Waals surface area contributed by atoms with Crippen molar-refractivity contribution in [1.82, 2.24) is 5.32 Å². The fraction of sp³-hybridized carbons (Fsp3) is 0.467. The maximum Gasteiger partial charge on any atom is 0.149 e. The molecule has 0 saturated heterocycles. The summed E-state index contributed by atoms with van der Waals surface area (Å²) in [5, 5.41) is 4.21. The molecule has 0 aliphatic carbocycles. The highest BCUT2D eigenvalue weighted by Crippen LogP contribution is 2.36. The van der Waals surface area contributed by atoms with Crippen LogP contribution in [0.5, 0.6) is 0 Å². The number of hydrogen-bond donors (Lipinski definition) is 1. The van der Waals surface area contributed by atoms with Gasteiger partial charge in [0.05, 0.1) is 11.0 Å². The van der Waals surface area contributed by atoms with Crippen molar-refractivity contribution in [3.8, 4) is 0 Å². The zero-order valence-electron chi connectivity index (χ0n) is 11.7. The molecule has 0 atom stereocenters. The third-order valence-corrected chi connectivity index (χ3v) is 3.66. The summed E-state index contributed by atoms with van der Waals surface area (Å²) >= 11 is 3.37. The molecule has 0 aliphatic rings. The molecule has 0 saturated carbocycles. The van der Waals surface area contributed by atoms with Crippen LogP contribution < -0.4 is 5.32 Å². The number of fused-ring (bicyclic) bond motifs is 1. The Kier molecular flexibility index (Phi) is 4.31. The van der Waals surface area contributed by atoms with E-state index in [0.29, 0.717) is 23.0 Å². The molecule has 1 heterocycles. The van der Waals surface area contributed by atoms with Gasteiger partial charge in [-0.05, 0) is 34.0 Å². The van der Waals surface area contributed by atoms with Gasteiger partial charge >= 0.3 is 0 Å². The topological polar surface area (TPSA) is 25.2 Å². The van der Waals surface area contributed by atoms with Crippen LogP contribution in [0.2, 0.25) is 0 Å². The predicted molar refractivity (Wildman–Crippen MR) is 79.9 cm³/mol. The first-order valence-electron chi connectivity index (χ1n) is 6.53. The summed E-state index contributed by atoms with van der Waals surface area (Å²) in [5.74, 6) is 0.939. The molecule has 2 rings (SSSR count). The minimum absolute atomic E-state index is 0.245. The maximum absolute atomic E-state index is 13.6. The fourth-order valence-electron chi connectivity index (χ4n) is 2.25. The summed E-state index contributed by atoms with van der Waals surface area (Å²) in [5.41, 5.74) is 1.81. The van der Waals surface area contributed by atoms with Crippen LogP contribution in [-0.2, 0) is 6.54 Å². The van der Waals surface area contributed by atoms with Crippen LogP contribution in [0.15, 0.2) is 21.0 Å². The molecule has 0 amide bonds. The van der Waals surface area contributed by atoms with Crippen molar-refractivity contribution < 1.29 is 8.81 Å². The Hall–Kier alpha value is -0.870. The normalized spacial score (nSPS) is 12.0. The second kappa shape index (κ2) is 5.63. The average molecular weight is 328 g/mol. The van der Waals surface area contributed by atoms with Crippen molar-refractivity contribution in [1.29, 1.82) is 0 Å².